The van der Waals surface area contributed by atoms with Crippen molar-refractivity contribution in [2.75, 3.05) is 13.1 Å². The summed E-state index contributed by atoms with van der Waals surface area (Å²) < 4.78 is 0. The number of hydrogen-bond acceptors (Lipinski definition) is 3. The van der Waals surface area contributed by atoms with E-state index in [1.54, 1.807) is 0 Å². The van der Waals surface area contributed by atoms with E-state index < -0.39 is 0 Å². The second-order valence-electron chi connectivity index (χ2n) is 7.23. The minimum absolute atomic E-state index is 0.375. The van der Waals surface area contributed by atoms with Gasteiger partial charge in [-0.15, -0.1) is 0 Å². The maximum Gasteiger partial charge on any atom is 0.0740 e. The average molecular weight is 330 g/mol. The van der Waals surface area contributed by atoms with Crippen LogP contribution in [0.4, 0.5) is 0 Å². The molecule has 2 aromatic rings. The second-order valence-corrected chi connectivity index (χ2v) is 7.61. The van der Waals surface area contributed by atoms with Crippen molar-refractivity contribution in [3.63, 3.8) is 0 Å². The number of nitrogens with two attached hydrogens (primary N) is 1. The van der Waals surface area contributed by atoms with E-state index in [0.29, 0.717) is 12.0 Å². The Balaban J connectivity index is 1.60. The Morgan fingerprint density at radius 2 is 2.09 bits per heavy atom. The zero-order valence-electron chi connectivity index (χ0n) is 13.6. The monoisotopic (exact) mass is 329 g/mol. The van der Waals surface area contributed by atoms with Crippen molar-refractivity contribution >= 4 is 22.5 Å². The highest BCUT2D eigenvalue weighted by atomic mass is 35.5. The van der Waals surface area contributed by atoms with Crippen molar-refractivity contribution in [3.8, 4) is 0 Å². The van der Waals surface area contributed by atoms with Gasteiger partial charge in [0.2, 0.25) is 0 Å². The molecule has 1 aromatic carbocycles. The number of fused-ring (bicyclic) bond motifs is 2. The van der Waals surface area contributed by atoms with Crippen LogP contribution >= 0.6 is 11.6 Å². The maximum absolute atomic E-state index is 6.62. The fraction of sp³-hybridized carbons (Fsp3) is 0.526. The normalized spacial score (nSPS) is 28.2. The summed E-state index contributed by atoms with van der Waals surface area (Å²) in [6.07, 6.45) is 3.79. The Morgan fingerprint density at radius 1 is 1.26 bits per heavy atom. The summed E-state index contributed by atoms with van der Waals surface area (Å²) in [5.74, 6) is 1.42. The smallest absolute Gasteiger partial charge is 0.0740 e. The van der Waals surface area contributed by atoms with Gasteiger partial charge in [0.15, 0.2) is 0 Å². The Morgan fingerprint density at radius 3 is 2.91 bits per heavy atom. The van der Waals surface area contributed by atoms with Crippen molar-refractivity contribution in [2.24, 2.45) is 17.6 Å². The molecule has 3 atom stereocenters. The molecule has 1 aromatic heterocycles. The van der Waals surface area contributed by atoms with E-state index in [1.165, 1.54) is 19.3 Å². The van der Waals surface area contributed by atoms with Crippen LogP contribution in [0.1, 0.15) is 30.5 Å². The number of nitrogens with zero attached hydrogens (tertiary/aromatic N) is 2. The van der Waals surface area contributed by atoms with Crippen LogP contribution in [0.2, 0.25) is 5.02 Å². The van der Waals surface area contributed by atoms with E-state index in [-0.39, 0.29) is 0 Å². The number of likely N-dealkylation sites (tertiary alicyclic amines) is 1. The van der Waals surface area contributed by atoms with E-state index in [9.17, 15) is 0 Å². The summed E-state index contributed by atoms with van der Waals surface area (Å²) in [6, 6.07) is 8.62. The van der Waals surface area contributed by atoms with Gasteiger partial charge in [-0.3, -0.25) is 4.90 Å². The predicted molar refractivity (Wildman–Crippen MR) is 95.6 cm³/mol. The molecule has 0 radical (unpaired) electrons. The highest BCUT2D eigenvalue weighted by Crippen LogP contribution is 2.37. The van der Waals surface area contributed by atoms with Gasteiger partial charge in [-0.1, -0.05) is 36.2 Å². The highest BCUT2D eigenvalue weighted by molar-refractivity contribution is 6.32. The number of benzene rings is 1. The van der Waals surface area contributed by atoms with Crippen LogP contribution in [0.3, 0.4) is 0 Å². The summed E-state index contributed by atoms with van der Waals surface area (Å²) in [7, 11) is 0. The van der Waals surface area contributed by atoms with Gasteiger partial charge >= 0.3 is 0 Å². The van der Waals surface area contributed by atoms with Gasteiger partial charge in [-0.25, -0.2) is 4.98 Å². The molecule has 0 amide bonds. The first-order valence-electron chi connectivity index (χ1n) is 8.65. The number of pyridine rings is 1. The Kier molecular flexibility index (Phi) is 4.04. The Bertz CT molecular complexity index is 730. The van der Waals surface area contributed by atoms with E-state index in [2.05, 4.69) is 24.0 Å². The summed E-state index contributed by atoms with van der Waals surface area (Å²) >= 11 is 6.62. The molecule has 2 N–H and O–H groups in total. The van der Waals surface area contributed by atoms with Crippen LogP contribution in [0.25, 0.3) is 10.9 Å². The third-order valence-corrected chi connectivity index (χ3v) is 6.25. The van der Waals surface area contributed by atoms with Crippen LogP contribution in [-0.2, 0) is 6.54 Å². The van der Waals surface area contributed by atoms with E-state index in [1.807, 2.05) is 12.1 Å². The number of rotatable bonds is 2. The van der Waals surface area contributed by atoms with Crippen LogP contribution in [0, 0.1) is 18.8 Å². The standard InChI is InChI=1S/C19H24ClN3/c1-12-14-6-2-3-8-17(14)22-18(19(12)20)11-23-9-13-5-4-7-16(21)15(13)10-23/h2-3,6,8,13,15-16H,4-5,7,9-11,21H2,1H3. The van der Waals surface area contributed by atoms with Gasteiger partial charge in [-0.2, -0.15) is 0 Å². The minimum atomic E-state index is 0.375. The average Bonchev–Trinajstić information content (AvgIpc) is 2.96. The number of halogens is 1. The zero-order valence-corrected chi connectivity index (χ0v) is 14.4. The van der Waals surface area contributed by atoms with Crippen molar-refractivity contribution in [2.45, 2.75) is 38.8 Å². The fourth-order valence-electron chi connectivity index (χ4n) is 4.47. The number of aromatic nitrogens is 1. The molecule has 0 bridgehead atoms. The molecule has 1 aliphatic carbocycles. The lowest BCUT2D eigenvalue weighted by atomic mass is 9.78. The first-order valence-corrected chi connectivity index (χ1v) is 9.03. The van der Waals surface area contributed by atoms with Crippen molar-refractivity contribution in [1.29, 1.82) is 0 Å². The van der Waals surface area contributed by atoms with E-state index in [0.717, 1.165) is 52.7 Å². The lowest BCUT2D eigenvalue weighted by Gasteiger charge is -2.29. The number of para-hydroxylation sites is 1. The molecule has 1 saturated carbocycles. The first kappa shape index (κ1) is 15.4. The summed E-state index contributed by atoms with van der Waals surface area (Å²) in [6.45, 7) is 5.16. The van der Waals surface area contributed by atoms with Crippen LogP contribution < -0.4 is 5.73 Å². The summed E-state index contributed by atoms with van der Waals surface area (Å²) in [4.78, 5) is 7.33. The minimum Gasteiger partial charge on any atom is -0.327 e. The van der Waals surface area contributed by atoms with Gasteiger partial charge in [-0.05, 0) is 43.2 Å². The molecule has 2 heterocycles. The molecule has 3 nitrogen and oxygen atoms in total. The quantitative estimate of drug-likeness (QED) is 0.912. The maximum atomic E-state index is 6.62. The summed E-state index contributed by atoms with van der Waals surface area (Å²) in [5, 5.41) is 1.97. The van der Waals surface area contributed by atoms with Gasteiger partial charge in [0, 0.05) is 31.1 Å². The Hall–Kier alpha value is -1.16. The van der Waals surface area contributed by atoms with E-state index in [4.69, 9.17) is 22.3 Å². The molecule has 122 valence electrons. The van der Waals surface area contributed by atoms with Crippen LogP contribution in [0.5, 0.6) is 0 Å². The van der Waals surface area contributed by atoms with Crippen molar-refractivity contribution in [3.05, 3.63) is 40.5 Å². The van der Waals surface area contributed by atoms with Gasteiger partial charge in [0.05, 0.1) is 16.2 Å². The lowest BCUT2D eigenvalue weighted by molar-refractivity contribution is 0.259. The van der Waals surface area contributed by atoms with E-state index >= 15 is 0 Å². The SMILES string of the molecule is Cc1c(Cl)c(CN2CC3CCCC(N)C3C2)nc2ccccc12. The molecule has 4 heteroatoms. The molecule has 1 saturated heterocycles. The zero-order chi connectivity index (χ0) is 16.0. The lowest BCUT2D eigenvalue weighted by Crippen LogP contribution is -2.38. The molecule has 23 heavy (non-hydrogen) atoms. The molecule has 3 unspecified atom stereocenters. The largest absolute Gasteiger partial charge is 0.327 e. The first-order chi connectivity index (χ1) is 11.1. The van der Waals surface area contributed by atoms with Crippen molar-refractivity contribution < 1.29 is 0 Å². The Labute approximate surface area is 142 Å². The number of aryl methyl sites for hydroxylation is 1. The predicted octanol–water partition coefficient (Wildman–Crippen LogP) is 3.76. The van der Waals surface area contributed by atoms with Crippen molar-refractivity contribution in [1.82, 2.24) is 9.88 Å². The molecule has 0 spiro atoms. The van der Waals surface area contributed by atoms with Gasteiger partial charge in [0.1, 0.15) is 0 Å². The second kappa shape index (κ2) is 6.04. The van der Waals surface area contributed by atoms with Crippen LogP contribution in [-0.4, -0.2) is 29.0 Å². The van der Waals surface area contributed by atoms with Gasteiger partial charge < -0.3 is 5.73 Å². The number of hydrogen-bond donors (Lipinski definition) is 1. The molecule has 2 aliphatic rings. The highest BCUT2D eigenvalue weighted by Gasteiger charge is 2.38. The third kappa shape index (κ3) is 2.75. The molecular formula is C19H24ClN3. The molecule has 4 rings (SSSR count). The fourth-order valence-corrected chi connectivity index (χ4v) is 4.68. The topological polar surface area (TPSA) is 42.1 Å². The molecule has 2 fully saturated rings. The summed E-state index contributed by atoms with van der Waals surface area (Å²) in [5.41, 5.74) is 9.52. The molecular weight excluding hydrogens is 306 g/mol. The van der Waals surface area contributed by atoms with Gasteiger partial charge in [0.25, 0.3) is 0 Å². The molecule has 1 aliphatic heterocycles. The third-order valence-electron chi connectivity index (χ3n) is 5.75. The van der Waals surface area contributed by atoms with Crippen LogP contribution in [0.15, 0.2) is 24.3 Å².